The SMILES string of the molecule is CN1CCCC(CCN(C)C(=O)CCO)C1. The Bertz CT molecular complexity index is 221. The Morgan fingerprint density at radius 2 is 2.31 bits per heavy atom. The third-order valence-corrected chi connectivity index (χ3v) is 3.35. The first-order valence-corrected chi connectivity index (χ1v) is 6.17. The fourth-order valence-corrected chi connectivity index (χ4v) is 2.30. The minimum absolute atomic E-state index is 0.0463. The summed E-state index contributed by atoms with van der Waals surface area (Å²) in [6, 6.07) is 0. The van der Waals surface area contributed by atoms with E-state index in [2.05, 4.69) is 11.9 Å². The molecular formula is C12H24N2O2. The van der Waals surface area contributed by atoms with E-state index in [0.717, 1.165) is 25.4 Å². The number of aliphatic hydroxyl groups is 1. The number of nitrogens with zero attached hydrogens (tertiary/aromatic N) is 2. The van der Waals surface area contributed by atoms with Crippen LogP contribution in [0.2, 0.25) is 0 Å². The maximum absolute atomic E-state index is 11.4. The highest BCUT2D eigenvalue weighted by molar-refractivity contribution is 5.75. The third kappa shape index (κ3) is 4.49. The molecule has 0 aliphatic carbocycles. The normalized spacial score (nSPS) is 22.1. The van der Waals surface area contributed by atoms with Gasteiger partial charge in [0.2, 0.25) is 5.91 Å². The molecule has 16 heavy (non-hydrogen) atoms. The Kier molecular flexibility index (Phi) is 5.77. The van der Waals surface area contributed by atoms with Crippen molar-refractivity contribution in [3.63, 3.8) is 0 Å². The Morgan fingerprint density at radius 1 is 1.56 bits per heavy atom. The Labute approximate surface area is 98.2 Å². The van der Waals surface area contributed by atoms with Gasteiger partial charge in [0, 0.05) is 26.6 Å². The number of likely N-dealkylation sites (tertiary alicyclic amines) is 1. The van der Waals surface area contributed by atoms with Gasteiger partial charge in [0.15, 0.2) is 0 Å². The molecule has 1 N–H and O–H groups in total. The average Bonchev–Trinajstić information content (AvgIpc) is 2.26. The molecule has 4 nitrogen and oxygen atoms in total. The highest BCUT2D eigenvalue weighted by Crippen LogP contribution is 2.18. The highest BCUT2D eigenvalue weighted by Gasteiger charge is 2.18. The van der Waals surface area contributed by atoms with Crippen LogP contribution in [0.4, 0.5) is 0 Å². The number of rotatable bonds is 5. The summed E-state index contributed by atoms with van der Waals surface area (Å²) < 4.78 is 0. The molecule has 1 rings (SSSR count). The lowest BCUT2D eigenvalue weighted by Gasteiger charge is -2.30. The van der Waals surface area contributed by atoms with Crippen LogP contribution in [0.1, 0.15) is 25.7 Å². The van der Waals surface area contributed by atoms with Gasteiger partial charge in [-0.15, -0.1) is 0 Å². The molecule has 1 atom stereocenters. The van der Waals surface area contributed by atoms with Crippen molar-refractivity contribution in [3.8, 4) is 0 Å². The van der Waals surface area contributed by atoms with Crippen molar-refractivity contribution in [2.75, 3.05) is 40.3 Å². The van der Waals surface area contributed by atoms with Gasteiger partial charge in [-0.3, -0.25) is 4.79 Å². The predicted octanol–water partition coefficient (Wildman–Crippen LogP) is 0.559. The summed E-state index contributed by atoms with van der Waals surface area (Å²) in [6.07, 6.45) is 3.89. The number of carbonyl (C=O) groups excluding carboxylic acids is 1. The molecule has 0 saturated carbocycles. The van der Waals surface area contributed by atoms with E-state index in [-0.39, 0.29) is 18.9 Å². The summed E-state index contributed by atoms with van der Waals surface area (Å²) >= 11 is 0. The molecule has 1 amide bonds. The first-order valence-electron chi connectivity index (χ1n) is 6.17. The minimum atomic E-state index is -0.0463. The summed E-state index contributed by atoms with van der Waals surface area (Å²) in [6.45, 7) is 3.13. The number of carbonyl (C=O) groups is 1. The smallest absolute Gasteiger partial charge is 0.224 e. The van der Waals surface area contributed by atoms with Crippen LogP contribution < -0.4 is 0 Å². The number of hydrogen-bond donors (Lipinski definition) is 1. The van der Waals surface area contributed by atoms with E-state index in [1.807, 2.05) is 7.05 Å². The average molecular weight is 228 g/mol. The largest absolute Gasteiger partial charge is 0.396 e. The Morgan fingerprint density at radius 3 is 2.94 bits per heavy atom. The van der Waals surface area contributed by atoms with E-state index in [4.69, 9.17) is 5.11 Å². The molecule has 1 heterocycles. The molecule has 0 aromatic rings. The van der Waals surface area contributed by atoms with Crippen LogP contribution in [0.15, 0.2) is 0 Å². The van der Waals surface area contributed by atoms with Gasteiger partial charge in [-0.2, -0.15) is 0 Å². The third-order valence-electron chi connectivity index (χ3n) is 3.35. The molecule has 0 aromatic heterocycles. The molecule has 1 fully saturated rings. The number of hydrogen-bond acceptors (Lipinski definition) is 3. The van der Waals surface area contributed by atoms with E-state index < -0.39 is 0 Å². The van der Waals surface area contributed by atoms with Gasteiger partial charge in [-0.05, 0) is 38.8 Å². The second-order valence-corrected chi connectivity index (χ2v) is 4.85. The van der Waals surface area contributed by atoms with Crippen LogP contribution in [0, 0.1) is 5.92 Å². The lowest BCUT2D eigenvalue weighted by Crippen LogP contribution is -2.35. The predicted molar refractivity (Wildman–Crippen MR) is 64.2 cm³/mol. The van der Waals surface area contributed by atoms with Gasteiger partial charge >= 0.3 is 0 Å². The summed E-state index contributed by atoms with van der Waals surface area (Å²) in [5, 5.41) is 8.68. The molecule has 4 heteroatoms. The molecule has 0 bridgehead atoms. The van der Waals surface area contributed by atoms with Crippen molar-refractivity contribution in [2.24, 2.45) is 5.92 Å². The van der Waals surface area contributed by atoms with E-state index in [0.29, 0.717) is 0 Å². The van der Waals surface area contributed by atoms with Crippen molar-refractivity contribution >= 4 is 5.91 Å². The molecule has 0 aromatic carbocycles. The molecule has 0 radical (unpaired) electrons. The second-order valence-electron chi connectivity index (χ2n) is 4.85. The van der Waals surface area contributed by atoms with E-state index >= 15 is 0 Å². The monoisotopic (exact) mass is 228 g/mol. The van der Waals surface area contributed by atoms with Crippen molar-refractivity contribution in [1.29, 1.82) is 0 Å². The lowest BCUT2D eigenvalue weighted by atomic mass is 9.95. The van der Waals surface area contributed by atoms with Gasteiger partial charge < -0.3 is 14.9 Å². The van der Waals surface area contributed by atoms with Gasteiger partial charge in [0.1, 0.15) is 0 Å². The van der Waals surface area contributed by atoms with Crippen molar-refractivity contribution in [2.45, 2.75) is 25.7 Å². The van der Waals surface area contributed by atoms with Crippen molar-refractivity contribution in [3.05, 3.63) is 0 Å². The first-order chi connectivity index (χ1) is 7.63. The zero-order valence-electron chi connectivity index (χ0n) is 10.5. The fraction of sp³-hybridized carbons (Fsp3) is 0.917. The molecule has 1 aliphatic heterocycles. The molecule has 1 aliphatic rings. The van der Waals surface area contributed by atoms with E-state index in [1.54, 1.807) is 4.90 Å². The van der Waals surface area contributed by atoms with Crippen LogP contribution in [-0.4, -0.2) is 61.2 Å². The molecule has 0 spiro atoms. The van der Waals surface area contributed by atoms with Crippen molar-refractivity contribution < 1.29 is 9.90 Å². The van der Waals surface area contributed by atoms with Crippen LogP contribution in [-0.2, 0) is 4.79 Å². The van der Waals surface area contributed by atoms with E-state index in [1.165, 1.54) is 19.4 Å². The highest BCUT2D eigenvalue weighted by atomic mass is 16.3. The molecule has 1 saturated heterocycles. The minimum Gasteiger partial charge on any atom is -0.396 e. The summed E-state index contributed by atoms with van der Waals surface area (Å²) in [7, 11) is 3.98. The first kappa shape index (κ1) is 13.5. The molecule has 94 valence electrons. The second kappa shape index (κ2) is 6.86. The van der Waals surface area contributed by atoms with E-state index in [9.17, 15) is 4.79 Å². The molecular weight excluding hydrogens is 204 g/mol. The maximum Gasteiger partial charge on any atom is 0.224 e. The standard InChI is InChI=1S/C12H24N2O2/c1-13-7-3-4-11(10-13)5-8-14(2)12(16)6-9-15/h11,15H,3-10H2,1-2H3. The van der Waals surface area contributed by atoms with Gasteiger partial charge in [-0.1, -0.05) is 0 Å². The van der Waals surface area contributed by atoms with Gasteiger partial charge in [0.05, 0.1) is 6.61 Å². The molecule has 1 unspecified atom stereocenters. The summed E-state index contributed by atoms with van der Waals surface area (Å²) in [5.74, 6) is 0.773. The lowest BCUT2D eigenvalue weighted by molar-refractivity contribution is -0.130. The zero-order chi connectivity index (χ0) is 12.0. The van der Waals surface area contributed by atoms with Crippen LogP contribution in [0.5, 0.6) is 0 Å². The fourth-order valence-electron chi connectivity index (χ4n) is 2.30. The number of aliphatic hydroxyl groups excluding tert-OH is 1. The van der Waals surface area contributed by atoms with Crippen LogP contribution >= 0.6 is 0 Å². The summed E-state index contributed by atoms with van der Waals surface area (Å²) in [5.41, 5.74) is 0. The quantitative estimate of drug-likeness (QED) is 0.748. The topological polar surface area (TPSA) is 43.8 Å². The van der Waals surface area contributed by atoms with Crippen molar-refractivity contribution in [1.82, 2.24) is 9.80 Å². The van der Waals surface area contributed by atoms with Gasteiger partial charge in [0.25, 0.3) is 0 Å². The van der Waals surface area contributed by atoms with Crippen LogP contribution in [0.3, 0.4) is 0 Å². The van der Waals surface area contributed by atoms with Gasteiger partial charge in [-0.25, -0.2) is 0 Å². The Hall–Kier alpha value is -0.610. The number of amides is 1. The summed E-state index contributed by atoms with van der Waals surface area (Å²) in [4.78, 5) is 15.5. The maximum atomic E-state index is 11.4. The Balaban J connectivity index is 2.20. The number of piperidine rings is 1. The van der Waals surface area contributed by atoms with Crippen LogP contribution in [0.25, 0.3) is 0 Å². The zero-order valence-corrected chi connectivity index (χ0v) is 10.5.